The summed E-state index contributed by atoms with van der Waals surface area (Å²) in [5, 5.41) is 2.78. The second-order valence-electron chi connectivity index (χ2n) is 5.65. The van der Waals surface area contributed by atoms with Gasteiger partial charge in [-0.05, 0) is 19.3 Å². The lowest BCUT2D eigenvalue weighted by molar-refractivity contribution is 0.0599. The van der Waals surface area contributed by atoms with Gasteiger partial charge >= 0.3 is 5.69 Å². The van der Waals surface area contributed by atoms with Crippen LogP contribution in [0.5, 0.6) is 0 Å². The quantitative estimate of drug-likeness (QED) is 0.818. The fraction of sp³-hybridized carbons (Fsp3) is 0.467. The number of piperidine rings is 1. The minimum Gasteiger partial charge on any atom is -0.328 e. The van der Waals surface area contributed by atoms with Crippen molar-refractivity contribution in [2.75, 3.05) is 6.54 Å². The van der Waals surface area contributed by atoms with Crippen molar-refractivity contribution >= 4 is 17.2 Å². The average Bonchev–Trinajstić information content (AvgIpc) is 3.10. The van der Waals surface area contributed by atoms with Crippen LogP contribution in [0.4, 0.5) is 0 Å². The Balaban J connectivity index is 2.02. The van der Waals surface area contributed by atoms with Gasteiger partial charge in [0.1, 0.15) is 10.7 Å². The molecule has 0 bridgehead atoms. The van der Waals surface area contributed by atoms with Gasteiger partial charge < -0.3 is 4.90 Å². The average molecular weight is 334 g/mol. The van der Waals surface area contributed by atoms with Crippen molar-refractivity contribution < 1.29 is 4.79 Å². The highest BCUT2D eigenvalue weighted by Gasteiger charge is 2.31. The summed E-state index contributed by atoms with van der Waals surface area (Å²) in [4.78, 5) is 42.9. The van der Waals surface area contributed by atoms with E-state index in [4.69, 9.17) is 0 Å². The first-order valence-corrected chi connectivity index (χ1v) is 8.36. The topological polar surface area (TPSA) is 77.2 Å². The molecule has 23 heavy (non-hydrogen) atoms. The lowest BCUT2D eigenvalue weighted by Crippen LogP contribution is -2.44. The van der Waals surface area contributed by atoms with Crippen LogP contribution in [0, 0.1) is 0 Å². The number of amides is 1. The first kappa shape index (κ1) is 15.7. The molecule has 8 heteroatoms. The number of rotatable bonds is 2. The van der Waals surface area contributed by atoms with Gasteiger partial charge in [0.25, 0.3) is 11.5 Å². The Bertz CT molecular complexity index is 837. The predicted molar refractivity (Wildman–Crippen MR) is 86.7 cm³/mol. The number of thiazole rings is 1. The summed E-state index contributed by atoms with van der Waals surface area (Å²) in [7, 11) is 2.91. The van der Waals surface area contributed by atoms with E-state index in [2.05, 4.69) is 4.98 Å². The molecule has 0 aromatic carbocycles. The molecule has 1 unspecified atom stereocenters. The van der Waals surface area contributed by atoms with E-state index in [9.17, 15) is 14.4 Å². The van der Waals surface area contributed by atoms with Crippen LogP contribution in [-0.2, 0) is 14.1 Å². The highest BCUT2D eigenvalue weighted by Crippen LogP contribution is 2.32. The van der Waals surface area contributed by atoms with Crippen LogP contribution in [0.3, 0.4) is 0 Å². The minimum atomic E-state index is -0.497. The molecule has 2 aromatic rings. The Morgan fingerprint density at radius 2 is 2.04 bits per heavy atom. The largest absolute Gasteiger partial charge is 0.331 e. The normalized spacial score (nSPS) is 18.2. The maximum absolute atomic E-state index is 12.9. The summed E-state index contributed by atoms with van der Waals surface area (Å²) < 4.78 is 2.22. The molecule has 7 nitrogen and oxygen atoms in total. The number of hydrogen-bond acceptors (Lipinski definition) is 5. The molecule has 1 aliphatic heterocycles. The summed E-state index contributed by atoms with van der Waals surface area (Å²) in [5.74, 6) is -0.290. The van der Waals surface area contributed by atoms with Gasteiger partial charge in [-0.25, -0.2) is 9.78 Å². The minimum absolute atomic E-state index is 0.0876. The SMILES string of the molecule is Cn1c(C(=O)N2CCCCC2c2nccs2)cc(=O)n(C)c1=O. The monoisotopic (exact) mass is 334 g/mol. The van der Waals surface area contributed by atoms with Gasteiger partial charge in [-0.2, -0.15) is 0 Å². The lowest BCUT2D eigenvalue weighted by atomic mass is 10.0. The van der Waals surface area contributed by atoms with Crippen molar-refractivity contribution in [3.8, 4) is 0 Å². The Kier molecular flexibility index (Phi) is 4.16. The fourth-order valence-corrected chi connectivity index (χ4v) is 3.70. The molecule has 1 atom stereocenters. The van der Waals surface area contributed by atoms with Crippen LogP contribution in [0.25, 0.3) is 0 Å². The molecule has 2 aromatic heterocycles. The number of likely N-dealkylation sites (tertiary alicyclic amines) is 1. The highest BCUT2D eigenvalue weighted by atomic mass is 32.1. The van der Waals surface area contributed by atoms with E-state index < -0.39 is 11.2 Å². The predicted octanol–water partition coefficient (Wildman–Crippen LogP) is 0.908. The molecular weight excluding hydrogens is 316 g/mol. The first-order valence-electron chi connectivity index (χ1n) is 7.48. The molecule has 1 fully saturated rings. The summed E-state index contributed by atoms with van der Waals surface area (Å²) >= 11 is 1.52. The second-order valence-corrected chi connectivity index (χ2v) is 6.58. The lowest BCUT2D eigenvalue weighted by Gasteiger charge is -2.34. The van der Waals surface area contributed by atoms with Crippen LogP contribution in [-0.4, -0.2) is 31.5 Å². The number of carbonyl (C=O) groups is 1. The summed E-state index contributed by atoms with van der Waals surface area (Å²) in [6.07, 6.45) is 4.51. The van der Waals surface area contributed by atoms with Gasteiger partial charge in [0.05, 0.1) is 6.04 Å². The van der Waals surface area contributed by atoms with Gasteiger partial charge in [-0.3, -0.25) is 18.7 Å². The molecule has 1 saturated heterocycles. The number of hydrogen-bond donors (Lipinski definition) is 0. The van der Waals surface area contributed by atoms with Crippen LogP contribution in [0.1, 0.15) is 40.8 Å². The molecule has 0 saturated carbocycles. The van der Waals surface area contributed by atoms with Crippen molar-refractivity contribution in [1.82, 2.24) is 19.0 Å². The summed E-state index contributed by atoms with van der Waals surface area (Å²) in [6.45, 7) is 0.604. The number of aromatic nitrogens is 3. The number of carbonyl (C=O) groups excluding carboxylic acids is 1. The molecule has 1 amide bonds. The first-order chi connectivity index (χ1) is 11.0. The molecule has 0 aliphatic carbocycles. The van der Waals surface area contributed by atoms with E-state index in [-0.39, 0.29) is 17.6 Å². The van der Waals surface area contributed by atoms with Crippen molar-refractivity contribution in [2.45, 2.75) is 25.3 Å². The molecule has 3 rings (SSSR count). The Labute approximate surface area is 136 Å². The third kappa shape index (κ3) is 2.74. The molecule has 0 spiro atoms. The van der Waals surface area contributed by atoms with Gasteiger partial charge in [0, 0.05) is 38.3 Å². The Morgan fingerprint density at radius 1 is 1.26 bits per heavy atom. The van der Waals surface area contributed by atoms with Gasteiger partial charge in [0.15, 0.2) is 0 Å². The van der Waals surface area contributed by atoms with Crippen molar-refractivity contribution in [3.63, 3.8) is 0 Å². The molecule has 3 heterocycles. The smallest absolute Gasteiger partial charge is 0.328 e. The molecule has 0 radical (unpaired) electrons. The van der Waals surface area contributed by atoms with E-state index in [1.54, 1.807) is 11.1 Å². The van der Waals surface area contributed by atoms with E-state index in [1.807, 2.05) is 5.38 Å². The van der Waals surface area contributed by atoms with Crippen LogP contribution < -0.4 is 11.2 Å². The highest BCUT2D eigenvalue weighted by molar-refractivity contribution is 7.09. The van der Waals surface area contributed by atoms with E-state index in [0.717, 1.165) is 28.8 Å². The molecule has 122 valence electrons. The molecule has 0 N–H and O–H groups in total. The standard InChI is InChI=1S/C15H18N4O3S/c1-17-11(9-12(20)18(2)15(17)22)14(21)19-7-4-3-5-10(19)13-16-6-8-23-13/h6,8-10H,3-5,7H2,1-2H3. The maximum Gasteiger partial charge on any atom is 0.331 e. The summed E-state index contributed by atoms with van der Waals surface area (Å²) in [6, 6.07) is 1.15. The third-order valence-corrected chi connectivity index (χ3v) is 5.12. The van der Waals surface area contributed by atoms with Crippen LogP contribution >= 0.6 is 11.3 Å². The second kappa shape index (κ2) is 6.11. The zero-order valence-corrected chi connectivity index (χ0v) is 13.9. The maximum atomic E-state index is 12.9. The molecule has 1 aliphatic rings. The van der Waals surface area contributed by atoms with Crippen LogP contribution in [0.15, 0.2) is 27.2 Å². The molecular formula is C15H18N4O3S. The van der Waals surface area contributed by atoms with Crippen molar-refractivity contribution in [2.24, 2.45) is 14.1 Å². The summed E-state index contributed by atoms with van der Waals surface area (Å²) in [5.41, 5.74) is -0.843. The van der Waals surface area contributed by atoms with Crippen LogP contribution in [0.2, 0.25) is 0 Å². The zero-order valence-electron chi connectivity index (χ0n) is 13.1. The third-order valence-electron chi connectivity index (χ3n) is 4.25. The van der Waals surface area contributed by atoms with E-state index in [0.29, 0.717) is 6.54 Å². The van der Waals surface area contributed by atoms with Gasteiger partial charge in [0.2, 0.25) is 0 Å². The number of nitrogens with zero attached hydrogens (tertiary/aromatic N) is 4. The van der Waals surface area contributed by atoms with Gasteiger partial charge in [-0.1, -0.05) is 0 Å². The Morgan fingerprint density at radius 3 is 2.74 bits per heavy atom. The van der Waals surface area contributed by atoms with E-state index >= 15 is 0 Å². The van der Waals surface area contributed by atoms with E-state index in [1.165, 1.54) is 36.1 Å². The van der Waals surface area contributed by atoms with Crippen molar-refractivity contribution in [3.05, 3.63) is 49.2 Å². The fourth-order valence-electron chi connectivity index (χ4n) is 2.92. The zero-order chi connectivity index (χ0) is 16.6. The Hall–Kier alpha value is -2.22. The van der Waals surface area contributed by atoms with Crippen molar-refractivity contribution in [1.29, 1.82) is 0 Å². The van der Waals surface area contributed by atoms with Gasteiger partial charge in [-0.15, -0.1) is 11.3 Å².